The molecular weight excluding hydrogens is 471 g/mol. The lowest BCUT2D eigenvalue weighted by molar-refractivity contribution is -0.274. The van der Waals surface area contributed by atoms with E-state index in [0.29, 0.717) is 38.0 Å². The standard InChI is InChI=1S/C27H30F3N3O3/c1-19-18-21(31-13-2-3-14-31)6-9-23(19)33-17-12-26(25(33)35)10-15-32(16-11-26)24(34)20-4-7-22(8-5-20)36-27(28,29)30/h4-9,18H,2-3,10-17H2,1H3. The molecule has 5 rings (SSSR count). The van der Waals surface area contributed by atoms with Crippen LogP contribution in [-0.2, 0) is 4.79 Å². The maximum absolute atomic E-state index is 13.6. The molecule has 0 atom stereocenters. The SMILES string of the molecule is Cc1cc(N2CCCC2)ccc1N1CCC2(CCN(C(=O)c3ccc(OC(F)(F)F)cc3)CC2)C1=O. The van der Waals surface area contributed by atoms with Crippen LogP contribution in [0.1, 0.15) is 48.0 Å². The number of anilines is 2. The highest BCUT2D eigenvalue weighted by Crippen LogP contribution is 2.44. The van der Waals surface area contributed by atoms with Crippen LogP contribution >= 0.6 is 0 Å². The fraction of sp³-hybridized carbons (Fsp3) is 0.481. The van der Waals surface area contributed by atoms with Crippen molar-refractivity contribution in [3.63, 3.8) is 0 Å². The van der Waals surface area contributed by atoms with Crippen molar-refractivity contribution in [2.45, 2.75) is 45.4 Å². The van der Waals surface area contributed by atoms with Crippen LogP contribution in [0, 0.1) is 12.3 Å². The van der Waals surface area contributed by atoms with Crippen LogP contribution in [-0.4, -0.2) is 55.8 Å². The average molecular weight is 502 g/mol. The molecule has 3 aliphatic rings. The molecule has 0 N–H and O–H groups in total. The van der Waals surface area contributed by atoms with E-state index in [-0.39, 0.29) is 17.6 Å². The van der Waals surface area contributed by atoms with Gasteiger partial charge in [0, 0.05) is 49.7 Å². The van der Waals surface area contributed by atoms with Gasteiger partial charge in [0.1, 0.15) is 5.75 Å². The van der Waals surface area contributed by atoms with Crippen LogP contribution < -0.4 is 14.5 Å². The van der Waals surface area contributed by atoms with Gasteiger partial charge in [-0.2, -0.15) is 0 Å². The normalized spacial score (nSPS) is 19.9. The zero-order chi connectivity index (χ0) is 25.5. The van der Waals surface area contributed by atoms with E-state index >= 15 is 0 Å². The molecule has 3 fully saturated rings. The van der Waals surface area contributed by atoms with Gasteiger partial charge in [-0.15, -0.1) is 13.2 Å². The highest BCUT2D eigenvalue weighted by Gasteiger charge is 2.49. The number of carbonyl (C=O) groups is 2. The van der Waals surface area contributed by atoms with Crippen molar-refractivity contribution in [1.29, 1.82) is 0 Å². The Balaban J connectivity index is 1.22. The van der Waals surface area contributed by atoms with Gasteiger partial charge in [0.15, 0.2) is 0 Å². The second-order valence-electron chi connectivity index (χ2n) is 10.0. The van der Waals surface area contributed by atoms with Crippen LogP contribution in [0.15, 0.2) is 42.5 Å². The number of hydrogen-bond donors (Lipinski definition) is 0. The molecule has 6 nitrogen and oxygen atoms in total. The molecule has 192 valence electrons. The Bertz CT molecular complexity index is 1140. The summed E-state index contributed by atoms with van der Waals surface area (Å²) in [5, 5.41) is 0. The number of carbonyl (C=O) groups excluding carboxylic acids is 2. The maximum Gasteiger partial charge on any atom is 0.573 e. The average Bonchev–Trinajstić information content (AvgIpc) is 3.49. The van der Waals surface area contributed by atoms with Gasteiger partial charge < -0.3 is 19.4 Å². The highest BCUT2D eigenvalue weighted by atomic mass is 19.4. The Hall–Kier alpha value is -3.23. The number of alkyl halides is 3. The lowest BCUT2D eigenvalue weighted by Crippen LogP contribution is -2.46. The number of nitrogens with zero attached hydrogens (tertiary/aromatic N) is 3. The number of rotatable bonds is 4. The predicted molar refractivity (Wildman–Crippen MR) is 130 cm³/mol. The molecule has 3 saturated heterocycles. The molecule has 2 aromatic rings. The van der Waals surface area contributed by atoms with Crippen LogP contribution in [0.2, 0.25) is 0 Å². The molecule has 2 aromatic carbocycles. The molecule has 2 amide bonds. The molecule has 0 aliphatic carbocycles. The number of amides is 2. The molecule has 9 heteroatoms. The Morgan fingerprint density at radius 1 is 0.917 bits per heavy atom. The summed E-state index contributed by atoms with van der Waals surface area (Å²) in [5.41, 5.74) is 3.09. The molecule has 0 radical (unpaired) electrons. The van der Waals surface area contributed by atoms with Crippen LogP contribution in [0.5, 0.6) is 5.75 Å². The Labute approximate surface area is 208 Å². The second-order valence-corrected chi connectivity index (χ2v) is 10.0. The number of ether oxygens (including phenoxy) is 1. The van der Waals surface area contributed by atoms with Gasteiger partial charge in [-0.3, -0.25) is 9.59 Å². The molecular formula is C27H30F3N3O3. The first-order chi connectivity index (χ1) is 17.2. The first-order valence-corrected chi connectivity index (χ1v) is 12.5. The minimum atomic E-state index is -4.77. The second kappa shape index (κ2) is 9.33. The summed E-state index contributed by atoms with van der Waals surface area (Å²) in [7, 11) is 0. The van der Waals surface area contributed by atoms with E-state index in [9.17, 15) is 22.8 Å². The van der Waals surface area contributed by atoms with Crippen molar-refractivity contribution in [2.24, 2.45) is 5.41 Å². The summed E-state index contributed by atoms with van der Waals surface area (Å²) < 4.78 is 41.0. The van der Waals surface area contributed by atoms with Gasteiger partial charge in [-0.05, 0) is 87.1 Å². The van der Waals surface area contributed by atoms with Crippen molar-refractivity contribution < 1.29 is 27.5 Å². The lowest BCUT2D eigenvalue weighted by Gasteiger charge is -2.38. The van der Waals surface area contributed by atoms with Gasteiger partial charge in [0.05, 0.1) is 5.41 Å². The molecule has 0 saturated carbocycles. The molecule has 0 aromatic heterocycles. The van der Waals surface area contributed by atoms with Gasteiger partial charge in [0.25, 0.3) is 5.91 Å². The monoisotopic (exact) mass is 501 g/mol. The van der Waals surface area contributed by atoms with Gasteiger partial charge in [0.2, 0.25) is 5.91 Å². The summed E-state index contributed by atoms with van der Waals surface area (Å²) in [4.78, 5) is 32.5. The van der Waals surface area contributed by atoms with Gasteiger partial charge in [-0.25, -0.2) is 0 Å². The summed E-state index contributed by atoms with van der Waals surface area (Å²) >= 11 is 0. The number of likely N-dealkylation sites (tertiary alicyclic amines) is 1. The molecule has 3 heterocycles. The van der Waals surface area contributed by atoms with E-state index in [1.54, 1.807) is 4.90 Å². The fourth-order valence-electron chi connectivity index (χ4n) is 5.75. The Morgan fingerprint density at radius 3 is 2.17 bits per heavy atom. The first-order valence-electron chi connectivity index (χ1n) is 12.5. The zero-order valence-electron chi connectivity index (χ0n) is 20.3. The lowest BCUT2D eigenvalue weighted by atomic mass is 9.77. The van der Waals surface area contributed by atoms with Gasteiger partial charge in [-0.1, -0.05) is 0 Å². The van der Waals surface area contributed by atoms with E-state index in [0.717, 1.165) is 42.9 Å². The highest BCUT2D eigenvalue weighted by molar-refractivity contribution is 6.01. The zero-order valence-corrected chi connectivity index (χ0v) is 20.3. The Morgan fingerprint density at radius 2 is 1.56 bits per heavy atom. The van der Waals surface area contributed by atoms with E-state index in [1.807, 2.05) is 4.90 Å². The number of piperidine rings is 1. The van der Waals surface area contributed by atoms with Crippen LogP contribution in [0.3, 0.4) is 0 Å². The molecule has 1 spiro atoms. The van der Waals surface area contributed by atoms with Crippen LogP contribution in [0.25, 0.3) is 0 Å². The summed E-state index contributed by atoms with van der Waals surface area (Å²) in [6, 6.07) is 11.3. The molecule has 3 aliphatic heterocycles. The number of hydrogen-bond acceptors (Lipinski definition) is 4. The first kappa shape index (κ1) is 24.5. The third-order valence-corrected chi connectivity index (χ3v) is 7.80. The quantitative estimate of drug-likeness (QED) is 0.581. The van der Waals surface area contributed by atoms with E-state index in [4.69, 9.17) is 0 Å². The van der Waals surface area contributed by atoms with Crippen molar-refractivity contribution in [3.05, 3.63) is 53.6 Å². The van der Waals surface area contributed by atoms with E-state index in [1.165, 1.54) is 30.7 Å². The minimum Gasteiger partial charge on any atom is -0.406 e. The smallest absolute Gasteiger partial charge is 0.406 e. The molecule has 0 bridgehead atoms. The van der Waals surface area contributed by atoms with Crippen LogP contribution in [0.4, 0.5) is 24.5 Å². The summed E-state index contributed by atoms with van der Waals surface area (Å²) in [6.07, 6.45) is -0.438. The maximum atomic E-state index is 13.6. The summed E-state index contributed by atoms with van der Waals surface area (Å²) in [6.45, 7) is 5.74. The number of aryl methyl sites for hydroxylation is 1. The van der Waals surface area contributed by atoms with E-state index < -0.39 is 11.8 Å². The van der Waals surface area contributed by atoms with Crippen molar-refractivity contribution >= 4 is 23.2 Å². The largest absolute Gasteiger partial charge is 0.573 e. The number of benzene rings is 2. The topological polar surface area (TPSA) is 53.1 Å². The molecule has 36 heavy (non-hydrogen) atoms. The third kappa shape index (κ3) is 4.75. The molecule has 0 unspecified atom stereocenters. The van der Waals surface area contributed by atoms with Gasteiger partial charge >= 0.3 is 6.36 Å². The Kier molecular flexibility index (Phi) is 6.34. The number of halogens is 3. The summed E-state index contributed by atoms with van der Waals surface area (Å²) in [5.74, 6) is -0.489. The fourth-order valence-corrected chi connectivity index (χ4v) is 5.75. The van der Waals surface area contributed by atoms with E-state index in [2.05, 4.69) is 34.8 Å². The third-order valence-electron chi connectivity index (χ3n) is 7.80. The van der Waals surface area contributed by atoms with Crippen molar-refractivity contribution in [3.8, 4) is 5.75 Å². The van der Waals surface area contributed by atoms with Crippen molar-refractivity contribution in [1.82, 2.24) is 4.90 Å². The predicted octanol–water partition coefficient (Wildman–Crippen LogP) is 5.15. The minimum absolute atomic E-state index is 0.125. The van der Waals surface area contributed by atoms with Crippen molar-refractivity contribution in [2.75, 3.05) is 42.5 Å².